The van der Waals surface area contributed by atoms with E-state index in [-0.39, 0.29) is 10.7 Å². The Morgan fingerprint density at radius 1 is 1.46 bits per heavy atom. The van der Waals surface area contributed by atoms with Crippen LogP contribution in [-0.4, -0.2) is 23.4 Å². The summed E-state index contributed by atoms with van der Waals surface area (Å²) < 4.78 is 35.1. The van der Waals surface area contributed by atoms with Crippen molar-refractivity contribution in [1.29, 1.82) is 0 Å². The molecule has 1 aliphatic rings. The van der Waals surface area contributed by atoms with Gasteiger partial charge in [-0.1, -0.05) is 0 Å². The number of thiocarbonyl (C=S) groups is 1. The molecule has 0 atom stereocenters. The van der Waals surface area contributed by atoms with Crippen LogP contribution in [0.3, 0.4) is 0 Å². The predicted molar refractivity (Wildman–Crippen MR) is 47.4 cm³/mol. The maximum atomic E-state index is 11.7. The first-order valence-electron chi connectivity index (χ1n) is 3.94. The van der Waals surface area contributed by atoms with Crippen molar-refractivity contribution in [3.8, 4) is 0 Å². The SMILES string of the molecule is CC1(NC(=S)NCC(F)(F)F)CC1. The summed E-state index contributed by atoms with van der Waals surface area (Å²) in [6.07, 6.45) is -2.29. The summed E-state index contributed by atoms with van der Waals surface area (Å²) in [5.74, 6) is 0. The fraction of sp³-hybridized carbons (Fsp3) is 0.857. The van der Waals surface area contributed by atoms with E-state index < -0.39 is 12.7 Å². The molecule has 0 heterocycles. The summed E-state index contributed by atoms with van der Waals surface area (Å²) in [6.45, 7) is 0.851. The molecular weight excluding hydrogens is 201 g/mol. The summed E-state index contributed by atoms with van der Waals surface area (Å²) in [5.41, 5.74) is -0.0737. The molecule has 0 aromatic carbocycles. The highest BCUT2D eigenvalue weighted by atomic mass is 32.1. The normalized spacial score (nSPS) is 19.4. The van der Waals surface area contributed by atoms with Crippen molar-refractivity contribution in [2.75, 3.05) is 6.54 Å². The van der Waals surface area contributed by atoms with Crippen LogP contribution in [-0.2, 0) is 0 Å². The Balaban J connectivity index is 2.18. The van der Waals surface area contributed by atoms with Gasteiger partial charge in [0.2, 0.25) is 0 Å². The molecule has 0 aromatic heterocycles. The second-order valence-electron chi connectivity index (χ2n) is 3.48. The highest BCUT2D eigenvalue weighted by Gasteiger charge is 2.38. The molecule has 2 N–H and O–H groups in total. The Labute approximate surface area is 79.9 Å². The van der Waals surface area contributed by atoms with Crippen LogP contribution in [0, 0.1) is 0 Å². The average molecular weight is 212 g/mol. The minimum Gasteiger partial charge on any atom is -0.358 e. The van der Waals surface area contributed by atoms with Gasteiger partial charge in [-0.15, -0.1) is 0 Å². The largest absolute Gasteiger partial charge is 0.405 e. The molecule has 1 aliphatic carbocycles. The van der Waals surface area contributed by atoms with Gasteiger partial charge in [0.1, 0.15) is 6.54 Å². The van der Waals surface area contributed by atoms with Crippen molar-refractivity contribution in [2.45, 2.75) is 31.5 Å². The van der Waals surface area contributed by atoms with E-state index in [4.69, 9.17) is 0 Å². The monoisotopic (exact) mass is 212 g/mol. The lowest BCUT2D eigenvalue weighted by molar-refractivity contribution is -0.122. The molecule has 0 amide bonds. The topological polar surface area (TPSA) is 24.1 Å². The number of hydrogen-bond donors (Lipinski definition) is 2. The van der Waals surface area contributed by atoms with Gasteiger partial charge in [-0.2, -0.15) is 13.2 Å². The standard InChI is InChI=1S/C7H11F3N2S/c1-6(2-3-6)12-5(13)11-4-7(8,9)10/h2-4H2,1H3,(H2,11,12,13). The number of nitrogens with one attached hydrogen (secondary N) is 2. The molecule has 0 radical (unpaired) electrons. The Hall–Kier alpha value is -0.520. The van der Waals surface area contributed by atoms with Gasteiger partial charge in [-0.3, -0.25) is 0 Å². The summed E-state index contributed by atoms with van der Waals surface area (Å²) >= 11 is 4.69. The van der Waals surface area contributed by atoms with Crippen LogP contribution in [0.1, 0.15) is 19.8 Å². The maximum absolute atomic E-state index is 11.7. The fourth-order valence-corrected chi connectivity index (χ4v) is 1.13. The number of halogens is 3. The molecule has 0 saturated heterocycles. The van der Waals surface area contributed by atoms with E-state index in [9.17, 15) is 13.2 Å². The molecule has 0 bridgehead atoms. The van der Waals surface area contributed by atoms with Gasteiger partial charge in [-0.25, -0.2) is 0 Å². The van der Waals surface area contributed by atoms with Crippen molar-refractivity contribution in [3.63, 3.8) is 0 Å². The zero-order valence-corrected chi connectivity index (χ0v) is 7.98. The van der Waals surface area contributed by atoms with E-state index in [1.54, 1.807) is 0 Å². The van der Waals surface area contributed by atoms with Gasteiger partial charge in [0, 0.05) is 5.54 Å². The molecule has 0 aliphatic heterocycles. The average Bonchev–Trinajstić information content (AvgIpc) is 2.62. The van der Waals surface area contributed by atoms with Crippen LogP contribution in [0.15, 0.2) is 0 Å². The van der Waals surface area contributed by atoms with E-state index in [2.05, 4.69) is 22.9 Å². The Morgan fingerprint density at radius 2 is 2.00 bits per heavy atom. The van der Waals surface area contributed by atoms with Gasteiger partial charge < -0.3 is 10.6 Å². The molecule has 13 heavy (non-hydrogen) atoms. The maximum Gasteiger partial charge on any atom is 0.405 e. The van der Waals surface area contributed by atoms with Crippen molar-refractivity contribution in [2.24, 2.45) is 0 Å². The smallest absolute Gasteiger partial charge is 0.358 e. The molecule has 76 valence electrons. The van der Waals surface area contributed by atoms with Crippen molar-refractivity contribution >= 4 is 17.3 Å². The molecule has 2 nitrogen and oxygen atoms in total. The first-order chi connectivity index (χ1) is 5.81. The Kier molecular flexibility index (Phi) is 2.70. The number of alkyl halides is 3. The third kappa shape index (κ3) is 4.31. The van der Waals surface area contributed by atoms with Crippen LogP contribution < -0.4 is 10.6 Å². The molecule has 6 heteroatoms. The van der Waals surface area contributed by atoms with Gasteiger partial charge in [0.25, 0.3) is 0 Å². The highest BCUT2D eigenvalue weighted by molar-refractivity contribution is 7.80. The zero-order valence-electron chi connectivity index (χ0n) is 7.16. The summed E-state index contributed by atoms with van der Waals surface area (Å²) in [4.78, 5) is 0. The molecule has 1 fully saturated rings. The number of rotatable bonds is 2. The predicted octanol–water partition coefficient (Wildman–Crippen LogP) is 1.57. The lowest BCUT2D eigenvalue weighted by Crippen LogP contribution is -2.45. The third-order valence-electron chi connectivity index (χ3n) is 1.86. The van der Waals surface area contributed by atoms with Crippen LogP contribution in [0.2, 0.25) is 0 Å². The van der Waals surface area contributed by atoms with Crippen molar-refractivity contribution in [3.05, 3.63) is 0 Å². The van der Waals surface area contributed by atoms with Crippen molar-refractivity contribution in [1.82, 2.24) is 10.6 Å². The van der Waals surface area contributed by atoms with Crippen molar-refractivity contribution < 1.29 is 13.2 Å². The zero-order chi connectivity index (χ0) is 10.1. The van der Waals surface area contributed by atoms with Crippen LogP contribution in [0.5, 0.6) is 0 Å². The van der Waals surface area contributed by atoms with Crippen LogP contribution in [0.4, 0.5) is 13.2 Å². The van der Waals surface area contributed by atoms with Gasteiger partial charge in [0.05, 0.1) is 0 Å². The molecule has 0 unspecified atom stereocenters. The molecule has 0 spiro atoms. The lowest BCUT2D eigenvalue weighted by Gasteiger charge is -2.16. The van der Waals surface area contributed by atoms with E-state index in [1.807, 2.05) is 6.92 Å². The number of hydrogen-bond acceptors (Lipinski definition) is 1. The first kappa shape index (κ1) is 10.6. The summed E-state index contributed by atoms with van der Waals surface area (Å²) in [7, 11) is 0. The molecular formula is C7H11F3N2S. The van der Waals surface area contributed by atoms with Gasteiger partial charge in [-0.05, 0) is 32.0 Å². The van der Waals surface area contributed by atoms with Gasteiger partial charge in [0.15, 0.2) is 5.11 Å². The Bertz CT molecular complexity index is 210. The minimum atomic E-state index is -4.21. The van der Waals surface area contributed by atoms with E-state index in [0.29, 0.717) is 0 Å². The second kappa shape index (κ2) is 3.32. The molecule has 1 rings (SSSR count). The Morgan fingerprint density at radius 3 is 2.38 bits per heavy atom. The van der Waals surface area contributed by atoms with E-state index >= 15 is 0 Å². The van der Waals surface area contributed by atoms with E-state index in [0.717, 1.165) is 12.8 Å². The minimum absolute atomic E-state index is 0.0737. The first-order valence-corrected chi connectivity index (χ1v) is 4.34. The quantitative estimate of drug-likeness (QED) is 0.679. The fourth-order valence-electron chi connectivity index (χ4n) is 0.811. The summed E-state index contributed by atoms with van der Waals surface area (Å²) in [6, 6.07) is 0. The lowest BCUT2D eigenvalue weighted by atomic mass is 10.3. The van der Waals surface area contributed by atoms with E-state index in [1.165, 1.54) is 0 Å². The van der Waals surface area contributed by atoms with Crippen LogP contribution >= 0.6 is 12.2 Å². The molecule has 1 saturated carbocycles. The summed E-state index contributed by atoms with van der Waals surface area (Å²) in [5, 5.41) is 5.02. The second-order valence-corrected chi connectivity index (χ2v) is 3.89. The van der Waals surface area contributed by atoms with Crippen LogP contribution in [0.25, 0.3) is 0 Å². The highest BCUT2D eigenvalue weighted by Crippen LogP contribution is 2.34. The van der Waals surface area contributed by atoms with Gasteiger partial charge >= 0.3 is 6.18 Å². The molecule has 0 aromatic rings. The third-order valence-corrected chi connectivity index (χ3v) is 2.11.